The van der Waals surface area contributed by atoms with Gasteiger partial charge in [-0.1, -0.05) is 36.4 Å². The summed E-state index contributed by atoms with van der Waals surface area (Å²) in [5.74, 6) is 0.902. The van der Waals surface area contributed by atoms with Crippen molar-refractivity contribution in [1.82, 2.24) is 5.32 Å². The maximum Gasteiger partial charge on any atom is 0.119 e. The summed E-state index contributed by atoms with van der Waals surface area (Å²) in [4.78, 5) is 0. The van der Waals surface area contributed by atoms with Crippen LogP contribution in [0.4, 0.5) is 0 Å². The van der Waals surface area contributed by atoms with Crippen molar-refractivity contribution in [1.29, 1.82) is 0 Å². The zero-order chi connectivity index (χ0) is 15.9. The van der Waals surface area contributed by atoms with E-state index in [1.54, 1.807) is 7.11 Å². The lowest BCUT2D eigenvalue weighted by molar-refractivity contribution is 0.00627. The summed E-state index contributed by atoms with van der Waals surface area (Å²) in [6.07, 6.45) is 4.59. The van der Waals surface area contributed by atoms with Gasteiger partial charge < -0.3 is 9.47 Å². The van der Waals surface area contributed by atoms with Crippen molar-refractivity contribution in [2.75, 3.05) is 13.7 Å². The van der Waals surface area contributed by atoms with Crippen molar-refractivity contribution in [3.05, 3.63) is 65.2 Å². The van der Waals surface area contributed by atoms with E-state index in [-0.39, 0.29) is 6.23 Å². The smallest absolute Gasteiger partial charge is 0.119 e. The van der Waals surface area contributed by atoms with Crippen LogP contribution in [-0.2, 0) is 24.2 Å². The van der Waals surface area contributed by atoms with E-state index in [0.717, 1.165) is 25.1 Å². The molecular weight excluding hydrogens is 286 g/mol. The SMILES string of the molecule is COc1ccc2c(c1)COC(NCCCCc1ccccc1)C2. The molecule has 122 valence electrons. The van der Waals surface area contributed by atoms with Crippen molar-refractivity contribution in [2.45, 2.75) is 38.5 Å². The van der Waals surface area contributed by atoms with Crippen LogP contribution in [0.25, 0.3) is 0 Å². The number of hydrogen-bond donors (Lipinski definition) is 1. The van der Waals surface area contributed by atoms with E-state index in [4.69, 9.17) is 9.47 Å². The lowest BCUT2D eigenvalue weighted by atomic mass is 10.0. The number of rotatable bonds is 7. The molecule has 1 unspecified atom stereocenters. The molecule has 0 fully saturated rings. The van der Waals surface area contributed by atoms with Crippen molar-refractivity contribution in [3.63, 3.8) is 0 Å². The highest BCUT2D eigenvalue weighted by molar-refractivity contribution is 5.36. The van der Waals surface area contributed by atoms with E-state index in [2.05, 4.69) is 47.8 Å². The fraction of sp³-hybridized carbons (Fsp3) is 0.400. The molecule has 3 nitrogen and oxygen atoms in total. The van der Waals surface area contributed by atoms with Gasteiger partial charge in [-0.3, -0.25) is 5.32 Å². The minimum atomic E-state index is 0.132. The van der Waals surface area contributed by atoms with Gasteiger partial charge in [-0.15, -0.1) is 0 Å². The van der Waals surface area contributed by atoms with Gasteiger partial charge in [-0.05, 0) is 54.6 Å². The number of nitrogens with one attached hydrogen (secondary N) is 1. The van der Waals surface area contributed by atoms with Crippen LogP contribution in [0.1, 0.15) is 29.5 Å². The quantitative estimate of drug-likeness (QED) is 0.791. The third-order valence-electron chi connectivity index (χ3n) is 4.37. The maximum absolute atomic E-state index is 5.90. The molecule has 0 radical (unpaired) electrons. The molecule has 1 heterocycles. The monoisotopic (exact) mass is 311 g/mol. The molecule has 0 bridgehead atoms. The van der Waals surface area contributed by atoms with E-state index in [1.807, 2.05) is 6.07 Å². The zero-order valence-electron chi connectivity index (χ0n) is 13.8. The first-order chi connectivity index (χ1) is 11.3. The van der Waals surface area contributed by atoms with E-state index >= 15 is 0 Å². The number of ether oxygens (including phenoxy) is 2. The Morgan fingerprint density at radius 1 is 1.09 bits per heavy atom. The standard InChI is InChI=1S/C20H25NO2/c1-22-19-11-10-17-14-20(23-15-18(17)13-19)21-12-6-5-9-16-7-3-2-4-8-16/h2-4,7-8,10-11,13,20-21H,5-6,9,12,14-15H2,1H3. The van der Waals surface area contributed by atoms with Crippen LogP contribution in [0.2, 0.25) is 0 Å². The van der Waals surface area contributed by atoms with Crippen LogP contribution < -0.4 is 10.1 Å². The third kappa shape index (κ3) is 4.57. The predicted molar refractivity (Wildman–Crippen MR) is 92.7 cm³/mol. The lowest BCUT2D eigenvalue weighted by Crippen LogP contribution is -2.37. The number of fused-ring (bicyclic) bond motifs is 1. The molecule has 0 saturated heterocycles. The molecule has 3 rings (SSSR count). The summed E-state index contributed by atoms with van der Waals surface area (Å²) < 4.78 is 11.2. The van der Waals surface area contributed by atoms with E-state index < -0.39 is 0 Å². The summed E-state index contributed by atoms with van der Waals surface area (Å²) in [5, 5.41) is 3.52. The van der Waals surface area contributed by atoms with Gasteiger partial charge in [0.25, 0.3) is 0 Å². The fourth-order valence-corrected chi connectivity index (χ4v) is 3.00. The van der Waals surface area contributed by atoms with Crippen LogP contribution in [0.3, 0.4) is 0 Å². The first-order valence-electron chi connectivity index (χ1n) is 8.40. The summed E-state index contributed by atoms with van der Waals surface area (Å²) in [6, 6.07) is 16.9. The minimum absolute atomic E-state index is 0.132. The molecule has 0 spiro atoms. The molecule has 23 heavy (non-hydrogen) atoms. The first kappa shape index (κ1) is 16.0. The molecule has 1 atom stereocenters. The Morgan fingerprint density at radius 3 is 2.78 bits per heavy atom. The summed E-state index contributed by atoms with van der Waals surface area (Å²) in [6.45, 7) is 1.66. The molecule has 1 aliphatic rings. The van der Waals surface area contributed by atoms with E-state index in [1.165, 1.54) is 29.5 Å². The number of methoxy groups -OCH3 is 1. The molecule has 0 saturated carbocycles. The van der Waals surface area contributed by atoms with E-state index in [9.17, 15) is 0 Å². The molecule has 3 heteroatoms. The lowest BCUT2D eigenvalue weighted by Gasteiger charge is -2.26. The van der Waals surface area contributed by atoms with Gasteiger partial charge in [0.2, 0.25) is 0 Å². The van der Waals surface area contributed by atoms with Crippen molar-refractivity contribution >= 4 is 0 Å². The summed E-state index contributed by atoms with van der Waals surface area (Å²) >= 11 is 0. The Morgan fingerprint density at radius 2 is 1.96 bits per heavy atom. The van der Waals surface area contributed by atoms with Crippen LogP contribution in [-0.4, -0.2) is 19.9 Å². The highest BCUT2D eigenvalue weighted by Crippen LogP contribution is 2.24. The van der Waals surface area contributed by atoms with Gasteiger partial charge in [-0.25, -0.2) is 0 Å². The van der Waals surface area contributed by atoms with Gasteiger partial charge in [0, 0.05) is 6.42 Å². The Bertz CT molecular complexity index is 612. The van der Waals surface area contributed by atoms with Crippen molar-refractivity contribution in [3.8, 4) is 5.75 Å². The summed E-state index contributed by atoms with van der Waals surface area (Å²) in [7, 11) is 1.70. The molecule has 1 N–H and O–H groups in total. The van der Waals surface area contributed by atoms with Gasteiger partial charge >= 0.3 is 0 Å². The Kier molecular flexibility index (Phi) is 5.67. The Labute approximate surface area is 138 Å². The summed E-state index contributed by atoms with van der Waals surface area (Å²) in [5.41, 5.74) is 4.02. The van der Waals surface area contributed by atoms with Gasteiger partial charge in [0.15, 0.2) is 0 Å². The maximum atomic E-state index is 5.90. The fourth-order valence-electron chi connectivity index (χ4n) is 3.00. The highest BCUT2D eigenvalue weighted by atomic mass is 16.5. The number of hydrogen-bond acceptors (Lipinski definition) is 3. The van der Waals surface area contributed by atoms with E-state index in [0.29, 0.717) is 6.61 Å². The van der Waals surface area contributed by atoms with Crippen LogP contribution in [0, 0.1) is 0 Å². The normalized spacial score (nSPS) is 16.8. The molecule has 1 aliphatic heterocycles. The topological polar surface area (TPSA) is 30.5 Å². The molecule has 2 aromatic carbocycles. The number of unbranched alkanes of at least 4 members (excludes halogenated alkanes) is 1. The van der Waals surface area contributed by atoms with Crippen LogP contribution in [0.5, 0.6) is 5.75 Å². The van der Waals surface area contributed by atoms with Gasteiger partial charge in [-0.2, -0.15) is 0 Å². The average molecular weight is 311 g/mol. The van der Waals surface area contributed by atoms with Crippen molar-refractivity contribution < 1.29 is 9.47 Å². The van der Waals surface area contributed by atoms with Crippen LogP contribution in [0.15, 0.2) is 48.5 Å². The minimum Gasteiger partial charge on any atom is -0.497 e. The second-order valence-electron chi connectivity index (χ2n) is 6.04. The van der Waals surface area contributed by atoms with Crippen LogP contribution >= 0.6 is 0 Å². The number of aryl methyl sites for hydroxylation is 1. The largest absolute Gasteiger partial charge is 0.497 e. The third-order valence-corrected chi connectivity index (χ3v) is 4.37. The molecular formula is C20H25NO2. The first-order valence-corrected chi connectivity index (χ1v) is 8.40. The second kappa shape index (κ2) is 8.14. The molecule has 0 amide bonds. The molecule has 0 aliphatic carbocycles. The average Bonchev–Trinajstić information content (AvgIpc) is 2.62. The second-order valence-corrected chi connectivity index (χ2v) is 6.04. The van der Waals surface area contributed by atoms with Gasteiger partial charge in [0.1, 0.15) is 12.0 Å². The molecule has 0 aromatic heterocycles. The Hall–Kier alpha value is -1.84. The number of benzene rings is 2. The highest BCUT2D eigenvalue weighted by Gasteiger charge is 2.18. The molecule has 2 aromatic rings. The zero-order valence-corrected chi connectivity index (χ0v) is 13.8. The van der Waals surface area contributed by atoms with Gasteiger partial charge in [0.05, 0.1) is 13.7 Å². The predicted octanol–water partition coefficient (Wildman–Crippen LogP) is 3.71. The van der Waals surface area contributed by atoms with Crippen molar-refractivity contribution in [2.24, 2.45) is 0 Å². The Balaban J connectivity index is 1.38.